The molecular weight excluding hydrogens is 162 g/mol. The van der Waals surface area contributed by atoms with E-state index in [4.69, 9.17) is 4.74 Å². The minimum Gasteiger partial charge on any atom is -0.496 e. The monoisotopic (exact) mass is 179 g/mol. The van der Waals surface area contributed by atoms with Crippen LogP contribution in [0.2, 0.25) is 0 Å². The molecule has 1 aromatic rings. The fourth-order valence-corrected chi connectivity index (χ4v) is 1.30. The van der Waals surface area contributed by atoms with Crippen molar-refractivity contribution in [1.29, 1.82) is 0 Å². The Labute approximate surface area is 80.1 Å². The van der Waals surface area contributed by atoms with Gasteiger partial charge in [0, 0.05) is 25.8 Å². The minimum atomic E-state index is 0.980. The average Bonchev–Trinajstić information content (AvgIpc) is 2.16. The Hall–Kier alpha value is -1.18. The Morgan fingerprint density at radius 3 is 2.46 bits per heavy atom. The first-order valence-corrected chi connectivity index (χ1v) is 4.53. The fraction of sp³-hybridized carbons (Fsp3) is 0.455. The van der Waals surface area contributed by atoms with Crippen LogP contribution in [0.3, 0.4) is 0 Å². The molecule has 13 heavy (non-hydrogen) atoms. The summed E-state index contributed by atoms with van der Waals surface area (Å²) in [6.45, 7) is 2.13. The van der Waals surface area contributed by atoms with Gasteiger partial charge in [0.05, 0.1) is 7.11 Å². The molecule has 1 rings (SSSR count). The number of nitrogens with zero attached hydrogens (tertiary/aromatic N) is 1. The standard InChI is InChI=1S/C11H17NO/c1-5-9-6-7-10(12(2)3)8-11(9)13-4/h6-8H,5H2,1-4H3. The molecule has 0 fully saturated rings. The lowest BCUT2D eigenvalue weighted by molar-refractivity contribution is 0.410. The molecule has 72 valence electrons. The molecule has 0 aliphatic carbocycles. The molecule has 2 nitrogen and oxygen atoms in total. The van der Waals surface area contributed by atoms with E-state index in [-0.39, 0.29) is 0 Å². The third-order valence-electron chi connectivity index (χ3n) is 2.17. The number of rotatable bonds is 3. The highest BCUT2D eigenvalue weighted by atomic mass is 16.5. The molecule has 0 heterocycles. The second kappa shape index (κ2) is 4.17. The molecule has 2 heteroatoms. The number of hydrogen-bond acceptors (Lipinski definition) is 2. The summed E-state index contributed by atoms with van der Waals surface area (Å²) in [5.41, 5.74) is 2.43. The van der Waals surface area contributed by atoms with Crippen LogP contribution in [0, 0.1) is 0 Å². The molecule has 0 spiro atoms. The highest BCUT2D eigenvalue weighted by Crippen LogP contribution is 2.24. The van der Waals surface area contributed by atoms with Crippen molar-refractivity contribution in [3.05, 3.63) is 23.8 Å². The van der Waals surface area contributed by atoms with Crippen molar-refractivity contribution in [2.24, 2.45) is 0 Å². The van der Waals surface area contributed by atoms with Gasteiger partial charge in [-0.05, 0) is 18.1 Å². The van der Waals surface area contributed by atoms with Crippen LogP contribution in [0.25, 0.3) is 0 Å². The second-order valence-electron chi connectivity index (χ2n) is 3.24. The van der Waals surface area contributed by atoms with Crippen LogP contribution in [0.1, 0.15) is 12.5 Å². The second-order valence-corrected chi connectivity index (χ2v) is 3.24. The zero-order valence-corrected chi connectivity index (χ0v) is 8.79. The van der Waals surface area contributed by atoms with Crippen molar-refractivity contribution >= 4 is 5.69 Å². The van der Waals surface area contributed by atoms with Crippen LogP contribution in [0.4, 0.5) is 5.69 Å². The van der Waals surface area contributed by atoms with E-state index in [9.17, 15) is 0 Å². The quantitative estimate of drug-likeness (QED) is 0.706. The van der Waals surface area contributed by atoms with E-state index in [2.05, 4.69) is 30.0 Å². The van der Waals surface area contributed by atoms with Crippen molar-refractivity contribution in [2.45, 2.75) is 13.3 Å². The van der Waals surface area contributed by atoms with Crippen LogP contribution < -0.4 is 9.64 Å². The summed E-state index contributed by atoms with van der Waals surface area (Å²) in [7, 11) is 5.77. The van der Waals surface area contributed by atoms with Crippen molar-refractivity contribution in [3.8, 4) is 5.75 Å². The van der Waals surface area contributed by atoms with Crippen LogP contribution in [0.15, 0.2) is 18.2 Å². The summed E-state index contributed by atoms with van der Waals surface area (Å²) >= 11 is 0. The van der Waals surface area contributed by atoms with Gasteiger partial charge in [-0.25, -0.2) is 0 Å². The molecule has 0 atom stereocenters. The maximum Gasteiger partial charge on any atom is 0.124 e. The first kappa shape index (κ1) is 9.90. The molecule has 0 N–H and O–H groups in total. The molecule has 0 saturated carbocycles. The van der Waals surface area contributed by atoms with Crippen molar-refractivity contribution < 1.29 is 4.74 Å². The normalized spacial score (nSPS) is 9.85. The van der Waals surface area contributed by atoms with Gasteiger partial charge in [-0.15, -0.1) is 0 Å². The zero-order chi connectivity index (χ0) is 9.84. The van der Waals surface area contributed by atoms with Gasteiger partial charge in [-0.2, -0.15) is 0 Å². The Kier molecular flexibility index (Phi) is 3.18. The Morgan fingerprint density at radius 2 is 2.00 bits per heavy atom. The number of methoxy groups -OCH3 is 1. The smallest absolute Gasteiger partial charge is 0.124 e. The molecular formula is C11H17NO. The summed E-state index contributed by atoms with van der Waals surface area (Å²) in [6.07, 6.45) is 1.01. The maximum atomic E-state index is 5.30. The summed E-state index contributed by atoms with van der Waals surface area (Å²) < 4.78 is 5.30. The SMILES string of the molecule is CCc1ccc(N(C)C)cc1OC. The largest absolute Gasteiger partial charge is 0.496 e. The highest BCUT2D eigenvalue weighted by Gasteiger charge is 2.02. The molecule has 0 aliphatic heterocycles. The Bertz CT molecular complexity index is 281. The molecule has 1 aromatic carbocycles. The molecule has 0 radical (unpaired) electrons. The molecule has 0 saturated heterocycles. The van der Waals surface area contributed by atoms with Gasteiger partial charge < -0.3 is 9.64 Å². The van der Waals surface area contributed by atoms with Gasteiger partial charge in [0.2, 0.25) is 0 Å². The summed E-state index contributed by atoms with van der Waals surface area (Å²) in [5.74, 6) is 0.980. The molecule has 0 aliphatic rings. The topological polar surface area (TPSA) is 12.5 Å². The van der Waals surface area contributed by atoms with Gasteiger partial charge in [-0.1, -0.05) is 13.0 Å². The predicted molar refractivity (Wildman–Crippen MR) is 56.7 cm³/mol. The summed E-state index contributed by atoms with van der Waals surface area (Å²) in [6, 6.07) is 6.30. The molecule has 0 bridgehead atoms. The van der Waals surface area contributed by atoms with E-state index in [1.807, 2.05) is 14.1 Å². The van der Waals surface area contributed by atoms with E-state index in [0.29, 0.717) is 0 Å². The zero-order valence-electron chi connectivity index (χ0n) is 8.79. The highest BCUT2D eigenvalue weighted by molar-refractivity contribution is 5.52. The first-order valence-electron chi connectivity index (χ1n) is 4.53. The molecule has 0 unspecified atom stereocenters. The predicted octanol–water partition coefficient (Wildman–Crippen LogP) is 2.32. The third-order valence-corrected chi connectivity index (χ3v) is 2.17. The van der Waals surface area contributed by atoms with E-state index in [1.54, 1.807) is 7.11 Å². The van der Waals surface area contributed by atoms with Crippen LogP contribution in [-0.4, -0.2) is 21.2 Å². The van der Waals surface area contributed by atoms with Crippen molar-refractivity contribution in [1.82, 2.24) is 0 Å². The lowest BCUT2D eigenvalue weighted by atomic mass is 10.1. The van der Waals surface area contributed by atoms with Crippen molar-refractivity contribution in [2.75, 3.05) is 26.1 Å². The van der Waals surface area contributed by atoms with E-state index in [0.717, 1.165) is 12.2 Å². The van der Waals surface area contributed by atoms with Gasteiger partial charge in [-0.3, -0.25) is 0 Å². The lowest BCUT2D eigenvalue weighted by Crippen LogP contribution is -2.08. The number of ether oxygens (including phenoxy) is 1. The molecule has 0 amide bonds. The summed E-state index contributed by atoms with van der Waals surface area (Å²) in [4.78, 5) is 2.07. The number of anilines is 1. The van der Waals surface area contributed by atoms with Crippen LogP contribution in [-0.2, 0) is 6.42 Å². The van der Waals surface area contributed by atoms with Crippen molar-refractivity contribution in [3.63, 3.8) is 0 Å². The minimum absolute atomic E-state index is 0.980. The number of aryl methyl sites for hydroxylation is 1. The third kappa shape index (κ3) is 2.14. The maximum absolute atomic E-state index is 5.30. The van der Waals surface area contributed by atoms with E-state index >= 15 is 0 Å². The van der Waals surface area contributed by atoms with E-state index < -0.39 is 0 Å². The average molecular weight is 179 g/mol. The fourth-order valence-electron chi connectivity index (χ4n) is 1.30. The number of hydrogen-bond donors (Lipinski definition) is 0. The summed E-state index contributed by atoms with van der Waals surface area (Å²) in [5, 5.41) is 0. The van der Waals surface area contributed by atoms with Gasteiger partial charge >= 0.3 is 0 Å². The van der Waals surface area contributed by atoms with Gasteiger partial charge in [0.1, 0.15) is 5.75 Å². The van der Waals surface area contributed by atoms with Crippen LogP contribution in [0.5, 0.6) is 5.75 Å². The van der Waals surface area contributed by atoms with Gasteiger partial charge in [0.25, 0.3) is 0 Å². The van der Waals surface area contributed by atoms with Gasteiger partial charge in [0.15, 0.2) is 0 Å². The Balaban J connectivity index is 3.05. The number of benzene rings is 1. The lowest BCUT2D eigenvalue weighted by Gasteiger charge is -2.15. The Morgan fingerprint density at radius 1 is 1.31 bits per heavy atom. The van der Waals surface area contributed by atoms with E-state index in [1.165, 1.54) is 11.3 Å². The molecule has 0 aromatic heterocycles. The first-order chi connectivity index (χ1) is 6.19. The van der Waals surface area contributed by atoms with Crippen LogP contribution >= 0.6 is 0 Å².